The van der Waals surface area contributed by atoms with Crippen LogP contribution in [0.15, 0.2) is 24.3 Å². The Bertz CT molecular complexity index is 949. The molecule has 2 heterocycles. The minimum Gasteiger partial charge on any atom is -0.140 e. The van der Waals surface area contributed by atoms with Crippen LogP contribution in [-0.4, -0.2) is 0 Å². The summed E-state index contributed by atoms with van der Waals surface area (Å²) < 4.78 is 0. The highest BCUT2D eigenvalue weighted by Crippen LogP contribution is 2.49. The van der Waals surface area contributed by atoms with E-state index in [0.717, 1.165) is 12.8 Å². The fourth-order valence-corrected chi connectivity index (χ4v) is 7.75. The molecule has 0 atom stereocenters. The van der Waals surface area contributed by atoms with Gasteiger partial charge in [0.25, 0.3) is 0 Å². The first-order valence-electron chi connectivity index (χ1n) is 12.2. The molecule has 0 saturated heterocycles. The Hall–Kier alpha value is -1.38. The molecule has 0 spiro atoms. The third kappa shape index (κ3) is 3.94. The molecule has 0 unspecified atom stereocenters. The van der Waals surface area contributed by atoms with Gasteiger partial charge >= 0.3 is 0 Å². The SMILES string of the molecule is CCCCCCc1cc2c(s1)-c1cc3c(cc1C2)-c1sc(CCCCCC)cc1C3. The second-order valence-electron chi connectivity index (χ2n) is 9.28. The molecular weight excluding hydrogens is 400 g/mol. The number of unbranched alkanes of at least 4 members (excludes halogenated alkanes) is 6. The molecule has 3 aromatic rings. The van der Waals surface area contributed by atoms with Crippen LogP contribution < -0.4 is 0 Å². The Morgan fingerprint density at radius 2 is 1.03 bits per heavy atom. The van der Waals surface area contributed by atoms with E-state index in [1.807, 2.05) is 0 Å². The van der Waals surface area contributed by atoms with E-state index >= 15 is 0 Å². The van der Waals surface area contributed by atoms with E-state index in [9.17, 15) is 0 Å². The standard InChI is InChI=1S/C28H34S2/c1-3-5-7-9-11-23-15-21-13-19-18-26-20(17-25(19)27(21)29-23)14-22-16-24(30-28(22)26)12-10-8-6-4-2/h15-18H,3-14H2,1-2H3. The van der Waals surface area contributed by atoms with Crippen molar-refractivity contribution in [2.45, 2.75) is 90.9 Å². The summed E-state index contributed by atoms with van der Waals surface area (Å²) in [6.07, 6.45) is 15.7. The Labute approximate surface area is 190 Å². The Balaban J connectivity index is 1.31. The van der Waals surface area contributed by atoms with Crippen LogP contribution in [0.5, 0.6) is 0 Å². The molecular formula is C28H34S2. The molecule has 2 aromatic heterocycles. The summed E-state index contributed by atoms with van der Waals surface area (Å²) in [5, 5.41) is 0. The average molecular weight is 435 g/mol. The number of rotatable bonds is 10. The maximum Gasteiger partial charge on any atom is 0.0384 e. The summed E-state index contributed by atoms with van der Waals surface area (Å²) in [6, 6.07) is 10.1. The van der Waals surface area contributed by atoms with Crippen molar-refractivity contribution in [3.8, 4) is 20.9 Å². The van der Waals surface area contributed by atoms with Crippen molar-refractivity contribution in [2.75, 3.05) is 0 Å². The lowest BCUT2D eigenvalue weighted by Gasteiger charge is -2.06. The predicted octanol–water partition coefficient (Wildman–Crippen LogP) is 9.20. The highest BCUT2D eigenvalue weighted by atomic mass is 32.1. The fourth-order valence-electron chi connectivity index (χ4n) is 5.20. The normalized spacial score (nSPS) is 13.4. The fraction of sp³-hybridized carbons (Fsp3) is 0.500. The van der Waals surface area contributed by atoms with Gasteiger partial charge in [0.15, 0.2) is 0 Å². The number of hydrogen-bond donors (Lipinski definition) is 0. The van der Waals surface area contributed by atoms with Crippen LogP contribution in [0.4, 0.5) is 0 Å². The van der Waals surface area contributed by atoms with E-state index in [1.54, 1.807) is 52.9 Å². The molecule has 0 fully saturated rings. The second kappa shape index (κ2) is 9.01. The van der Waals surface area contributed by atoms with E-state index in [1.165, 1.54) is 64.2 Å². The molecule has 2 aliphatic carbocycles. The van der Waals surface area contributed by atoms with Crippen LogP contribution in [-0.2, 0) is 25.7 Å². The van der Waals surface area contributed by atoms with E-state index < -0.39 is 0 Å². The van der Waals surface area contributed by atoms with Crippen molar-refractivity contribution in [2.24, 2.45) is 0 Å². The van der Waals surface area contributed by atoms with E-state index in [2.05, 4.69) is 60.8 Å². The van der Waals surface area contributed by atoms with Crippen molar-refractivity contribution in [3.63, 3.8) is 0 Å². The first-order chi connectivity index (χ1) is 14.8. The lowest BCUT2D eigenvalue weighted by Crippen LogP contribution is -1.88. The summed E-state index contributed by atoms with van der Waals surface area (Å²) in [6.45, 7) is 4.59. The van der Waals surface area contributed by atoms with Gasteiger partial charge in [0.1, 0.15) is 0 Å². The molecule has 158 valence electrons. The second-order valence-corrected chi connectivity index (χ2v) is 11.5. The quantitative estimate of drug-likeness (QED) is 0.192. The first kappa shape index (κ1) is 20.5. The summed E-state index contributed by atoms with van der Waals surface area (Å²) >= 11 is 4.14. The molecule has 0 amide bonds. The van der Waals surface area contributed by atoms with Crippen molar-refractivity contribution in [1.29, 1.82) is 0 Å². The van der Waals surface area contributed by atoms with E-state index in [4.69, 9.17) is 0 Å². The van der Waals surface area contributed by atoms with Gasteiger partial charge in [-0.3, -0.25) is 0 Å². The highest BCUT2D eigenvalue weighted by Gasteiger charge is 2.28. The molecule has 1 aromatic carbocycles. The Kier molecular flexibility index (Phi) is 6.16. The van der Waals surface area contributed by atoms with Gasteiger partial charge in [-0.1, -0.05) is 52.4 Å². The molecule has 0 saturated carbocycles. The molecule has 30 heavy (non-hydrogen) atoms. The monoisotopic (exact) mass is 434 g/mol. The lowest BCUT2D eigenvalue weighted by molar-refractivity contribution is 0.670. The van der Waals surface area contributed by atoms with E-state index in [-0.39, 0.29) is 0 Å². The van der Waals surface area contributed by atoms with Gasteiger partial charge in [-0.15, -0.1) is 22.7 Å². The molecule has 0 N–H and O–H groups in total. The van der Waals surface area contributed by atoms with Crippen LogP contribution in [0.25, 0.3) is 20.9 Å². The topological polar surface area (TPSA) is 0 Å². The van der Waals surface area contributed by atoms with E-state index in [0.29, 0.717) is 0 Å². The number of hydrogen-bond acceptors (Lipinski definition) is 2. The van der Waals surface area contributed by atoms with Crippen molar-refractivity contribution < 1.29 is 0 Å². The third-order valence-electron chi connectivity index (χ3n) is 6.85. The van der Waals surface area contributed by atoms with Crippen LogP contribution in [0.1, 0.15) is 97.2 Å². The van der Waals surface area contributed by atoms with Gasteiger partial charge in [-0.05, 0) is 96.2 Å². The Morgan fingerprint density at radius 1 is 0.567 bits per heavy atom. The maximum absolute atomic E-state index is 2.54. The number of fused-ring (bicyclic) bond motifs is 6. The number of thiophene rings is 2. The maximum atomic E-state index is 2.54. The zero-order chi connectivity index (χ0) is 20.5. The summed E-state index contributed by atoms with van der Waals surface area (Å²) in [4.78, 5) is 6.36. The minimum absolute atomic E-state index is 1.15. The van der Waals surface area contributed by atoms with Crippen molar-refractivity contribution in [1.82, 2.24) is 0 Å². The molecule has 2 heteroatoms. The molecule has 0 aliphatic heterocycles. The van der Waals surface area contributed by atoms with Gasteiger partial charge in [-0.2, -0.15) is 0 Å². The van der Waals surface area contributed by atoms with Gasteiger partial charge in [0, 0.05) is 19.5 Å². The van der Waals surface area contributed by atoms with Crippen LogP contribution in [0, 0.1) is 0 Å². The largest absolute Gasteiger partial charge is 0.140 e. The predicted molar refractivity (Wildman–Crippen MR) is 134 cm³/mol. The van der Waals surface area contributed by atoms with Crippen molar-refractivity contribution >= 4 is 22.7 Å². The van der Waals surface area contributed by atoms with Gasteiger partial charge < -0.3 is 0 Å². The smallest absolute Gasteiger partial charge is 0.0384 e. The van der Waals surface area contributed by atoms with Gasteiger partial charge in [-0.25, -0.2) is 0 Å². The highest BCUT2D eigenvalue weighted by molar-refractivity contribution is 7.16. The number of benzene rings is 1. The van der Waals surface area contributed by atoms with Crippen molar-refractivity contribution in [3.05, 3.63) is 56.3 Å². The summed E-state index contributed by atoms with van der Waals surface area (Å²) in [5.41, 5.74) is 9.41. The number of aryl methyl sites for hydroxylation is 2. The molecule has 0 bridgehead atoms. The van der Waals surface area contributed by atoms with Crippen LogP contribution >= 0.6 is 22.7 Å². The van der Waals surface area contributed by atoms with Crippen LogP contribution in [0.2, 0.25) is 0 Å². The zero-order valence-corrected chi connectivity index (χ0v) is 20.2. The molecule has 0 nitrogen and oxygen atoms in total. The summed E-state index contributed by atoms with van der Waals surface area (Å²) in [5.74, 6) is 0. The summed E-state index contributed by atoms with van der Waals surface area (Å²) in [7, 11) is 0. The molecule has 5 rings (SSSR count). The van der Waals surface area contributed by atoms with Gasteiger partial charge in [0.05, 0.1) is 0 Å². The van der Waals surface area contributed by atoms with Gasteiger partial charge in [0.2, 0.25) is 0 Å². The Morgan fingerprint density at radius 3 is 1.47 bits per heavy atom. The van der Waals surface area contributed by atoms with Crippen LogP contribution in [0.3, 0.4) is 0 Å². The zero-order valence-electron chi connectivity index (χ0n) is 18.6. The lowest BCUT2D eigenvalue weighted by atomic mass is 10.0. The average Bonchev–Trinajstić information content (AvgIpc) is 3.46. The molecule has 0 radical (unpaired) electrons. The minimum atomic E-state index is 1.15. The molecule has 2 aliphatic rings. The third-order valence-corrected chi connectivity index (χ3v) is 9.39. The first-order valence-corrected chi connectivity index (χ1v) is 13.8.